The predicted molar refractivity (Wildman–Crippen MR) is 97.9 cm³/mol. The third kappa shape index (κ3) is 4.74. The molecule has 2 heterocycles. The summed E-state index contributed by atoms with van der Waals surface area (Å²) in [5.41, 5.74) is 0.0485. The van der Waals surface area contributed by atoms with E-state index in [9.17, 15) is 14.3 Å². The van der Waals surface area contributed by atoms with Gasteiger partial charge in [0.1, 0.15) is 11.6 Å². The van der Waals surface area contributed by atoms with Crippen molar-refractivity contribution in [3.8, 4) is 5.75 Å². The molecule has 0 saturated carbocycles. The fraction of sp³-hybridized carbons (Fsp3) is 0.650. The summed E-state index contributed by atoms with van der Waals surface area (Å²) in [6.07, 6.45) is 6.14. The van der Waals surface area contributed by atoms with E-state index in [0.717, 1.165) is 44.7 Å². The molecule has 0 aromatic heterocycles. The highest BCUT2D eigenvalue weighted by atomic mass is 19.1. The van der Waals surface area contributed by atoms with Gasteiger partial charge in [-0.1, -0.05) is 0 Å². The number of halogens is 1. The Balaban J connectivity index is 1.49. The first-order valence-electron chi connectivity index (χ1n) is 9.74. The Morgan fingerprint density at radius 3 is 2.85 bits per heavy atom. The Kier molecular flexibility index (Phi) is 6.86. The number of nitrogens with zero attached hydrogens (tertiary/aromatic N) is 1. The van der Waals surface area contributed by atoms with Gasteiger partial charge in [0.05, 0.1) is 24.8 Å². The molecule has 3 rings (SSSR count). The molecule has 0 aliphatic carbocycles. The zero-order valence-corrected chi connectivity index (χ0v) is 15.3. The van der Waals surface area contributed by atoms with E-state index in [0.29, 0.717) is 18.9 Å². The van der Waals surface area contributed by atoms with Crippen molar-refractivity contribution in [3.63, 3.8) is 0 Å². The molecule has 2 fully saturated rings. The van der Waals surface area contributed by atoms with Crippen molar-refractivity contribution in [2.24, 2.45) is 5.92 Å². The van der Waals surface area contributed by atoms with Gasteiger partial charge in [-0.2, -0.15) is 0 Å². The van der Waals surface area contributed by atoms with Crippen LogP contribution in [0.3, 0.4) is 0 Å². The van der Waals surface area contributed by atoms with Gasteiger partial charge in [0.2, 0.25) is 0 Å². The second-order valence-electron chi connectivity index (χ2n) is 7.30. The zero-order chi connectivity index (χ0) is 18.4. The van der Waals surface area contributed by atoms with Crippen molar-refractivity contribution in [2.45, 2.75) is 44.6 Å². The molecule has 144 valence electrons. The van der Waals surface area contributed by atoms with Gasteiger partial charge in [-0.3, -0.25) is 4.79 Å². The van der Waals surface area contributed by atoms with Crippen LogP contribution in [-0.2, 0) is 0 Å². The molecule has 1 amide bonds. The molecule has 2 saturated heterocycles. The summed E-state index contributed by atoms with van der Waals surface area (Å²) < 4.78 is 20.0. The van der Waals surface area contributed by atoms with Gasteiger partial charge in [0.15, 0.2) is 0 Å². The maximum Gasteiger partial charge on any atom is 0.257 e. The average molecular weight is 364 g/mol. The molecule has 2 aliphatic heterocycles. The van der Waals surface area contributed by atoms with Gasteiger partial charge in [-0.25, -0.2) is 4.39 Å². The van der Waals surface area contributed by atoms with Crippen LogP contribution in [0.2, 0.25) is 0 Å². The van der Waals surface area contributed by atoms with Gasteiger partial charge in [-0.15, -0.1) is 0 Å². The van der Waals surface area contributed by atoms with Crippen LogP contribution in [0.5, 0.6) is 5.75 Å². The molecule has 1 atom stereocenters. The van der Waals surface area contributed by atoms with Crippen molar-refractivity contribution in [1.82, 2.24) is 10.2 Å². The fourth-order valence-corrected chi connectivity index (χ4v) is 3.94. The molecule has 2 aliphatic rings. The number of benzene rings is 1. The van der Waals surface area contributed by atoms with Gasteiger partial charge in [-0.05, 0) is 69.7 Å². The number of rotatable bonds is 7. The number of hydrogen-bond donors (Lipinski definition) is 2. The molecule has 0 radical (unpaired) electrons. The second kappa shape index (κ2) is 9.33. The minimum Gasteiger partial charge on any atom is -0.493 e. The van der Waals surface area contributed by atoms with Crippen molar-refractivity contribution >= 4 is 5.91 Å². The number of likely N-dealkylation sites (tertiary alicyclic amines) is 1. The molecule has 1 aromatic carbocycles. The molecule has 0 unspecified atom stereocenters. The summed E-state index contributed by atoms with van der Waals surface area (Å²) in [4.78, 5) is 14.1. The minimum absolute atomic E-state index is 0.0485. The van der Waals surface area contributed by atoms with Crippen LogP contribution < -0.4 is 10.1 Å². The summed E-state index contributed by atoms with van der Waals surface area (Å²) in [7, 11) is 0. The van der Waals surface area contributed by atoms with E-state index in [4.69, 9.17) is 4.74 Å². The summed E-state index contributed by atoms with van der Waals surface area (Å²) in [6, 6.07) is 4.24. The molecule has 6 heteroatoms. The first-order chi connectivity index (χ1) is 12.7. The molecule has 0 bridgehead atoms. The first-order valence-corrected chi connectivity index (χ1v) is 9.74. The third-order valence-corrected chi connectivity index (χ3v) is 5.50. The highest BCUT2D eigenvalue weighted by Gasteiger charge is 2.30. The van der Waals surface area contributed by atoms with Crippen molar-refractivity contribution in [2.75, 3.05) is 32.8 Å². The maximum atomic E-state index is 14.4. The lowest BCUT2D eigenvalue weighted by atomic mass is 9.93. The first kappa shape index (κ1) is 19.1. The standard InChI is InChI=1S/C20H29FN2O3/c21-19-13-17(26-12-2-3-15-7-9-22-10-8-15)5-6-18(19)20(25)23-11-1-4-16(23)14-24/h5-6,13,15-16,22,24H,1-4,7-12,14H2/t16-/m0/s1. The van der Waals surface area contributed by atoms with Crippen molar-refractivity contribution in [1.29, 1.82) is 0 Å². The highest BCUT2D eigenvalue weighted by molar-refractivity contribution is 5.95. The Labute approximate surface area is 154 Å². The molecular weight excluding hydrogens is 335 g/mol. The van der Waals surface area contributed by atoms with E-state index >= 15 is 0 Å². The van der Waals surface area contributed by atoms with Crippen LogP contribution in [0, 0.1) is 11.7 Å². The number of carbonyl (C=O) groups excluding carboxylic acids is 1. The molecule has 1 aromatic rings. The summed E-state index contributed by atoms with van der Waals surface area (Å²) in [5.74, 6) is 0.312. The number of nitrogens with one attached hydrogen (secondary N) is 1. The molecule has 5 nitrogen and oxygen atoms in total. The van der Waals surface area contributed by atoms with Crippen molar-refractivity contribution in [3.05, 3.63) is 29.6 Å². The monoisotopic (exact) mass is 364 g/mol. The van der Waals surface area contributed by atoms with Gasteiger partial charge < -0.3 is 20.1 Å². The fourth-order valence-electron chi connectivity index (χ4n) is 3.94. The Morgan fingerprint density at radius 2 is 2.12 bits per heavy atom. The Morgan fingerprint density at radius 1 is 1.31 bits per heavy atom. The van der Waals surface area contributed by atoms with E-state index in [2.05, 4.69) is 5.32 Å². The quantitative estimate of drug-likeness (QED) is 0.730. The number of carbonyl (C=O) groups is 1. The lowest BCUT2D eigenvalue weighted by Gasteiger charge is -2.23. The minimum atomic E-state index is -0.561. The van der Waals surface area contributed by atoms with E-state index in [1.54, 1.807) is 11.0 Å². The molecule has 26 heavy (non-hydrogen) atoms. The predicted octanol–water partition coefficient (Wildman–Crippen LogP) is 2.58. The van der Waals surface area contributed by atoms with Crippen LogP contribution in [0.25, 0.3) is 0 Å². The lowest BCUT2D eigenvalue weighted by molar-refractivity contribution is 0.0673. The van der Waals surface area contributed by atoms with E-state index < -0.39 is 5.82 Å². The summed E-state index contributed by atoms with van der Waals surface area (Å²) >= 11 is 0. The highest BCUT2D eigenvalue weighted by Crippen LogP contribution is 2.24. The van der Waals surface area contributed by atoms with Gasteiger partial charge in [0, 0.05) is 12.6 Å². The number of aliphatic hydroxyl groups excluding tert-OH is 1. The number of piperidine rings is 1. The van der Waals surface area contributed by atoms with Crippen LogP contribution in [0.4, 0.5) is 4.39 Å². The Hall–Kier alpha value is -1.66. The van der Waals surface area contributed by atoms with Crippen LogP contribution in [0.1, 0.15) is 48.9 Å². The summed E-state index contributed by atoms with van der Waals surface area (Å²) in [6.45, 7) is 3.25. The topological polar surface area (TPSA) is 61.8 Å². The van der Waals surface area contributed by atoms with Gasteiger partial charge >= 0.3 is 0 Å². The van der Waals surface area contributed by atoms with E-state index in [1.165, 1.54) is 25.0 Å². The number of hydrogen-bond acceptors (Lipinski definition) is 4. The summed E-state index contributed by atoms with van der Waals surface area (Å²) in [5, 5.41) is 12.7. The smallest absolute Gasteiger partial charge is 0.257 e. The molecular formula is C20H29FN2O3. The average Bonchev–Trinajstić information content (AvgIpc) is 3.14. The third-order valence-electron chi connectivity index (χ3n) is 5.50. The van der Waals surface area contributed by atoms with E-state index in [-0.39, 0.29) is 24.1 Å². The normalized spacial score (nSPS) is 21.2. The molecule has 0 spiro atoms. The van der Waals surface area contributed by atoms with Crippen LogP contribution >= 0.6 is 0 Å². The zero-order valence-electron chi connectivity index (χ0n) is 15.3. The largest absolute Gasteiger partial charge is 0.493 e. The SMILES string of the molecule is O=C(c1ccc(OCCCC2CCNCC2)cc1F)N1CCC[C@H]1CO. The number of ether oxygens (including phenoxy) is 1. The maximum absolute atomic E-state index is 14.4. The van der Waals surface area contributed by atoms with Crippen LogP contribution in [-0.4, -0.2) is 54.8 Å². The molecule has 2 N–H and O–H groups in total. The Bertz CT molecular complexity index is 605. The lowest BCUT2D eigenvalue weighted by Crippen LogP contribution is -2.38. The number of aliphatic hydroxyl groups is 1. The van der Waals surface area contributed by atoms with Crippen LogP contribution in [0.15, 0.2) is 18.2 Å². The van der Waals surface area contributed by atoms with Gasteiger partial charge in [0.25, 0.3) is 5.91 Å². The second-order valence-corrected chi connectivity index (χ2v) is 7.30. The van der Waals surface area contributed by atoms with E-state index in [1.807, 2.05) is 0 Å². The number of amides is 1. The van der Waals surface area contributed by atoms with Crippen molar-refractivity contribution < 1.29 is 19.0 Å².